The van der Waals surface area contributed by atoms with E-state index in [9.17, 15) is 4.39 Å². The molecular weight excluding hydrogens is 243 g/mol. The highest BCUT2D eigenvalue weighted by molar-refractivity contribution is 5.36. The van der Waals surface area contributed by atoms with Gasteiger partial charge in [-0.1, -0.05) is 11.3 Å². The summed E-state index contributed by atoms with van der Waals surface area (Å²) in [4.78, 5) is 0. The first kappa shape index (κ1) is 13.7. The Morgan fingerprint density at radius 3 is 2.68 bits per heavy atom. The minimum Gasteiger partial charge on any atom is -0.306 e. The van der Waals surface area contributed by atoms with Crippen LogP contribution in [-0.2, 0) is 6.54 Å². The van der Waals surface area contributed by atoms with Crippen LogP contribution in [0.1, 0.15) is 32.0 Å². The van der Waals surface area contributed by atoms with E-state index in [0.717, 1.165) is 11.3 Å². The average Bonchev–Trinajstić information content (AvgIpc) is 2.73. The largest absolute Gasteiger partial charge is 0.306 e. The van der Waals surface area contributed by atoms with Crippen molar-refractivity contribution in [1.82, 2.24) is 20.3 Å². The SMILES string of the molecule is Cc1ccc(-n2nncc2CNC(C)(C)C)c(F)c1. The van der Waals surface area contributed by atoms with Crippen LogP contribution in [0, 0.1) is 12.7 Å². The number of nitrogens with one attached hydrogen (secondary N) is 1. The van der Waals surface area contributed by atoms with Crippen LogP contribution in [-0.4, -0.2) is 20.5 Å². The lowest BCUT2D eigenvalue weighted by Gasteiger charge is -2.20. The summed E-state index contributed by atoms with van der Waals surface area (Å²) >= 11 is 0. The lowest BCUT2D eigenvalue weighted by Crippen LogP contribution is -2.35. The standard InChI is InChI=1S/C14H19FN4/c1-10-5-6-13(12(15)7-10)19-11(9-17-18-19)8-16-14(2,3)4/h5-7,9,16H,8H2,1-4H3. The maximum absolute atomic E-state index is 14.0. The fraction of sp³-hybridized carbons (Fsp3) is 0.429. The van der Waals surface area contributed by atoms with Gasteiger partial charge in [0.1, 0.15) is 11.5 Å². The van der Waals surface area contributed by atoms with Crippen molar-refractivity contribution in [2.24, 2.45) is 0 Å². The Labute approximate surface area is 112 Å². The third kappa shape index (κ3) is 3.38. The molecule has 1 aromatic heterocycles. The molecule has 0 saturated heterocycles. The molecule has 1 heterocycles. The van der Waals surface area contributed by atoms with Gasteiger partial charge in [0.15, 0.2) is 0 Å². The van der Waals surface area contributed by atoms with Crippen LogP contribution in [0.3, 0.4) is 0 Å². The van der Waals surface area contributed by atoms with E-state index >= 15 is 0 Å². The number of hydrogen-bond donors (Lipinski definition) is 1. The topological polar surface area (TPSA) is 42.7 Å². The van der Waals surface area contributed by atoms with Crippen molar-refractivity contribution in [3.8, 4) is 5.69 Å². The second kappa shape index (κ2) is 5.09. The Morgan fingerprint density at radius 2 is 2.05 bits per heavy atom. The second-order valence-corrected chi connectivity index (χ2v) is 5.70. The average molecular weight is 262 g/mol. The van der Waals surface area contributed by atoms with Crippen LogP contribution in [0.4, 0.5) is 4.39 Å². The zero-order valence-corrected chi connectivity index (χ0v) is 11.7. The third-order valence-corrected chi connectivity index (χ3v) is 2.75. The summed E-state index contributed by atoms with van der Waals surface area (Å²) in [7, 11) is 0. The summed E-state index contributed by atoms with van der Waals surface area (Å²) in [6, 6.07) is 5.08. The molecular formula is C14H19FN4. The molecule has 0 aliphatic carbocycles. The molecule has 0 saturated carbocycles. The van der Waals surface area contributed by atoms with E-state index < -0.39 is 0 Å². The van der Waals surface area contributed by atoms with E-state index in [4.69, 9.17) is 0 Å². The van der Waals surface area contributed by atoms with Gasteiger partial charge in [-0.25, -0.2) is 9.07 Å². The summed E-state index contributed by atoms with van der Waals surface area (Å²) in [6.45, 7) is 8.68. The Morgan fingerprint density at radius 1 is 1.32 bits per heavy atom. The van der Waals surface area contributed by atoms with Gasteiger partial charge in [0.25, 0.3) is 0 Å². The fourth-order valence-electron chi connectivity index (χ4n) is 1.72. The maximum Gasteiger partial charge on any atom is 0.149 e. The molecule has 0 atom stereocenters. The van der Waals surface area contributed by atoms with Gasteiger partial charge < -0.3 is 5.32 Å². The van der Waals surface area contributed by atoms with Gasteiger partial charge in [-0.15, -0.1) is 5.10 Å². The summed E-state index contributed by atoms with van der Waals surface area (Å²) in [6.07, 6.45) is 1.65. The quantitative estimate of drug-likeness (QED) is 0.924. The smallest absolute Gasteiger partial charge is 0.149 e. The Bertz CT molecular complexity index is 569. The summed E-state index contributed by atoms with van der Waals surface area (Å²) in [5, 5.41) is 11.2. The summed E-state index contributed by atoms with van der Waals surface area (Å²) in [5.74, 6) is -0.289. The Balaban J connectivity index is 2.28. The Hall–Kier alpha value is -1.75. The van der Waals surface area contributed by atoms with Crippen LogP contribution < -0.4 is 5.32 Å². The molecule has 102 valence electrons. The van der Waals surface area contributed by atoms with E-state index in [1.54, 1.807) is 12.3 Å². The van der Waals surface area contributed by atoms with Crippen LogP contribution in [0.25, 0.3) is 5.69 Å². The van der Waals surface area contributed by atoms with Crippen LogP contribution >= 0.6 is 0 Å². The van der Waals surface area contributed by atoms with E-state index in [2.05, 4.69) is 36.4 Å². The van der Waals surface area contributed by atoms with E-state index in [-0.39, 0.29) is 11.4 Å². The minimum absolute atomic E-state index is 0.0130. The number of nitrogens with zero attached hydrogens (tertiary/aromatic N) is 3. The Kier molecular flexibility index (Phi) is 3.66. The van der Waals surface area contributed by atoms with Crippen molar-refractivity contribution in [3.05, 3.63) is 41.5 Å². The van der Waals surface area contributed by atoms with Crippen molar-refractivity contribution in [2.75, 3.05) is 0 Å². The lowest BCUT2D eigenvalue weighted by molar-refractivity contribution is 0.418. The molecule has 0 fully saturated rings. The van der Waals surface area contributed by atoms with Gasteiger partial charge in [0, 0.05) is 12.1 Å². The number of halogens is 1. The highest BCUT2D eigenvalue weighted by Gasteiger charge is 2.14. The number of benzene rings is 1. The molecule has 19 heavy (non-hydrogen) atoms. The molecule has 0 radical (unpaired) electrons. The molecule has 1 aromatic carbocycles. The number of hydrogen-bond acceptors (Lipinski definition) is 3. The molecule has 0 amide bonds. The molecule has 1 N–H and O–H groups in total. The van der Waals surface area contributed by atoms with Gasteiger partial charge in [-0.3, -0.25) is 0 Å². The first-order chi connectivity index (χ1) is 8.87. The maximum atomic E-state index is 14.0. The zero-order valence-electron chi connectivity index (χ0n) is 11.7. The highest BCUT2D eigenvalue weighted by Crippen LogP contribution is 2.16. The van der Waals surface area contributed by atoms with E-state index in [1.807, 2.05) is 13.0 Å². The number of aromatic nitrogens is 3. The van der Waals surface area contributed by atoms with Crippen molar-refractivity contribution < 1.29 is 4.39 Å². The lowest BCUT2D eigenvalue weighted by atomic mass is 10.1. The van der Waals surface area contributed by atoms with E-state index in [0.29, 0.717) is 12.2 Å². The first-order valence-corrected chi connectivity index (χ1v) is 6.28. The van der Waals surface area contributed by atoms with Gasteiger partial charge >= 0.3 is 0 Å². The molecule has 0 bridgehead atoms. The van der Waals surface area contributed by atoms with Gasteiger partial charge in [0.2, 0.25) is 0 Å². The third-order valence-electron chi connectivity index (χ3n) is 2.75. The normalized spacial score (nSPS) is 11.8. The van der Waals surface area contributed by atoms with Gasteiger partial charge in [0.05, 0.1) is 11.9 Å². The van der Waals surface area contributed by atoms with Crippen molar-refractivity contribution in [2.45, 2.75) is 39.8 Å². The van der Waals surface area contributed by atoms with Gasteiger partial charge in [-0.2, -0.15) is 0 Å². The predicted molar refractivity (Wildman–Crippen MR) is 72.6 cm³/mol. The van der Waals surface area contributed by atoms with Crippen molar-refractivity contribution in [1.29, 1.82) is 0 Å². The fourth-order valence-corrected chi connectivity index (χ4v) is 1.72. The molecule has 2 rings (SSSR count). The van der Waals surface area contributed by atoms with Crippen LogP contribution in [0.2, 0.25) is 0 Å². The molecule has 0 aliphatic rings. The van der Waals surface area contributed by atoms with Crippen LogP contribution in [0.5, 0.6) is 0 Å². The molecule has 0 spiro atoms. The molecule has 0 unspecified atom stereocenters. The van der Waals surface area contributed by atoms with Crippen LogP contribution in [0.15, 0.2) is 24.4 Å². The molecule has 4 nitrogen and oxygen atoms in total. The highest BCUT2D eigenvalue weighted by atomic mass is 19.1. The number of aryl methyl sites for hydroxylation is 1. The zero-order chi connectivity index (χ0) is 14.0. The number of rotatable bonds is 3. The predicted octanol–water partition coefficient (Wildman–Crippen LogP) is 2.60. The molecule has 5 heteroatoms. The van der Waals surface area contributed by atoms with Crippen molar-refractivity contribution in [3.63, 3.8) is 0 Å². The molecule has 2 aromatic rings. The van der Waals surface area contributed by atoms with E-state index in [1.165, 1.54) is 10.7 Å². The molecule has 0 aliphatic heterocycles. The minimum atomic E-state index is -0.289. The summed E-state index contributed by atoms with van der Waals surface area (Å²) < 4.78 is 15.5. The monoisotopic (exact) mass is 262 g/mol. The van der Waals surface area contributed by atoms with Crippen molar-refractivity contribution >= 4 is 0 Å². The second-order valence-electron chi connectivity index (χ2n) is 5.70. The first-order valence-electron chi connectivity index (χ1n) is 6.28. The van der Waals surface area contributed by atoms with Gasteiger partial charge in [-0.05, 0) is 45.4 Å². The summed E-state index contributed by atoms with van der Waals surface area (Å²) in [5.41, 5.74) is 2.13.